The maximum atomic E-state index is 13.3. The van der Waals surface area contributed by atoms with Crippen LogP contribution in [-0.2, 0) is 0 Å². The summed E-state index contributed by atoms with van der Waals surface area (Å²) in [6, 6.07) is 1.56. The van der Waals surface area contributed by atoms with Gasteiger partial charge in [0, 0.05) is 5.03 Å². The Kier molecular flexibility index (Phi) is 3.84. The molecule has 0 bridgehead atoms. The molecule has 3 nitrogen and oxygen atoms in total. The van der Waals surface area contributed by atoms with Gasteiger partial charge in [0.1, 0.15) is 5.82 Å². The maximum Gasteiger partial charge on any atom is 0.254 e. The lowest BCUT2D eigenvalue weighted by atomic mass is 10.1. The zero-order valence-corrected chi connectivity index (χ0v) is 8.94. The van der Waals surface area contributed by atoms with Crippen molar-refractivity contribution in [2.45, 2.75) is 0 Å². The quantitative estimate of drug-likeness (QED) is 0.802. The first-order valence-corrected chi connectivity index (χ1v) is 4.65. The molecule has 0 aromatic heterocycles. The number of nitrogen functional groups attached to an aromatic ring is 1. The van der Waals surface area contributed by atoms with Crippen molar-refractivity contribution in [3.05, 3.63) is 40.9 Å². The summed E-state index contributed by atoms with van der Waals surface area (Å²) in [5.41, 5.74) is 4.29. The standard InChI is InChI=1S/C10H9ClF2N2O/c1-5(11)4-15-10(16)7-2-6(12)3-8(14)9(7)13/h2-3H,1,4,14H2,(H,15,16). The third-order valence-electron chi connectivity index (χ3n) is 1.75. The summed E-state index contributed by atoms with van der Waals surface area (Å²) in [5, 5.41) is 2.44. The van der Waals surface area contributed by atoms with Gasteiger partial charge in [0.25, 0.3) is 5.91 Å². The van der Waals surface area contributed by atoms with Crippen molar-refractivity contribution in [3.8, 4) is 0 Å². The van der Waals surface area contributed by atoms with Crippen LogP contribution in [0.15, 0.2) is 23.7 Å². The maximum absolute atomic E-state index is 13.3. The van der Waals surface area contributed by atoms with Gasteiger partial charge in [0.2, 0.25) is 0 Å². The molecule has 1 aromatic rings. The number of nitrogens with two attached hydrogens (primary N) is 1. The molecule has 0 aliphatic rings. The Morgan fingerprint density at radius 1 is 1.50 bits per heavy atom. The molecule has 16 heavy (non-hydrogen) atoms. The number of carbonyl (C=O) groups is 1. The summed E-state index contributed by atoms with van der Waals surface area (Å²) >= 11 is 5.41. The van der Waals surface area contributed by atoms with Gasteiger partial charge in [-0.2, -0.15) is 0 Å². The number of nitrogens with one attached hydrogen (secondary N) is 1. The minimum Gasteiger partial charge on any atom is -0.396 e. The van der Waals surface area contributed by atoms with Crippen LogP contribution in [0.4, 0.5) is 14.5 Å². The van der Waals surface area contributed by atoms with Crippen LogP contribution in [0.1, 0.15) is 10.4 Å². The van der Waals surface area contributed by atoms with Crippen molar-refractivity contribution in [2.24, 2.45) is 0 Å². The molecule has 3 N–H and O–H groups in total. The van der Waals surface area contributed by atoms with Crippen LogP contribution < -0.4 is 11.1 Å². The monoisotopic (exact) mass is 246 g/mol. The smallest absolute Gasteiger partial charge is 0.254 e. The molecule has 0 radical (unpaired) electrons. The van der Waals surface area contributed by atoms with Crippen LogP contribution in [0.25, 0.3) is 0 Å². The van der Waals surface area contributed by atoms with Crippen LogP contribution in [0.5, 0.6) is 0 Å². The Morgan fingerprint density at radius 3 is 2.69 bits per heavy atom. The van der Waals surface area contributed by atoms with E-state index in [-0.39, 0.29) is 11.6 Å². The highest BCUT2D eigenvalue weighted by atomic mass is 35.5. The third kappa shape index (κ3) is 2.93. The number of amides is 1. The topological polar surface area (TPSA) is 55.1 Å². The third-order valence-corrected chi connectivity index (χ3v) is 1.88. The van der Waals surface area contributed by atoms with E-state index in [0.29, 0.717) is 0 Å². The number of hydrogen-bond acceptors (Lipinski definition) is 2. The lowest BCUT2D eigenvalue weighted by molar-refractivity contribution is 0.0953. The predicted octanol–water partition coefficient (Wildman–Crippen LogP) is 2.03. The minimum absolute atomic E-state index is 0.0315. The summed E-state index contributed by atoms with van der Waals surface area (Å²) in [6.45, 7) is 3.30. The summed E-state index contributed by atoms with van der Waals surface area (Å²) < 4.78 is 26.2. The highest BCUT2D eigenvalue weighted by Crippen LogP contribution is 2.17. The first-order valence-electron chi connectivity index (χ1n) is 4.28. The summed E-state index contributed by atoms with van der Waals surface area (Å²) in [6.07, 6.45) is 0. The first-order chi connectivity index (χ1) is 7.41. The lowest BCUT2D eigenvalue weighted by Crippen LogP contribution is -2.25. The van der Waals surface area contributed by atoms with Crippen LogP contribution in [-0.4, -0.2) is 12.5 Å². The molecule has 1 rings (SSSR count). The van der Waals surface area contributed by atoms with Gasteiger partial charge in [-0.3, -0.25) is 4.79 Å². The molecular weight excluding hydrogens is 238 g/mol. The fourth-order valence-corrected chi connectivity index (χ4v) is 1.11. The van der Waals surface area contributed by atoms with Crippen molar-refractivity contribution in [1.29, 1.82) is 0 Å². The molecule has 0 fully saturated rings. The van der Waals surface area contributed by atoms with Crippen LogP contribution in [0.3, 0.4) is 0 Å². The van der Waals surface area contributed by atoms with E-state index in [0.717, 1.165) is 12.1 Å². The second-order valence-electron chi connectivity index (χ2n) is 3.06. The molecule has 0 saturated carbocycles. The lowest BCUT2D eigenvalue weighted by Gasteiger charge is -2.06. The van der Waals surface area contributed by atoms with Crippen LogP contribution >= 0.6 is 11.6 Å². The molecule has 0 spiro atoms. The second kappa shape index (κ2) is 4.94. The molecule has 0 saturated heterocycles. The van der Waals surface area contributed by atoms with Crippen LogP contribution in [0, 0.1) is 11.6 Å². The Morgan fingerprint density at radius 2 is 2.12 bits per heavy atom. The zero-order chi connectivity index (χ0) is 12.3. The Labute approximate surface area is 95.9 Å². The van der Waals surface area contributed by atoms with E-state index in [9.17, 15) is 13.6 Å². The SMILES string of the molecule is C=C(Cl)CNC(=O)c1cc(F)cc(N)c1F. The number of carbonyl (C=O) groups excluding carboxylic acids is 1. The average molecular weight is 247 g/mol. The Balaban J connectivity index is 2.95. The summed E-state index contributed by atoms with van der Waals surface area (Å²) in [4.78, 5) is 11.4. The number of anilines is 1. The highest BCUT2D eigenvalue weighted by molar-refractivity contribution is 6.29. The number of benzene rings is 1. The van der Waals surface area contributed by atoms with E-state index in [2.05, 4.69) is 11.9 Å². The molecule has 0 heterocycles. The van der Waals surface area contributed by atoms with Gasteiger partial charge in [-0.15, -0.1) is 0 Å². The molecule has 1 amide bonds. The minimum atomic E-state index is -0.959. The van der Waals surface area contributed by atoms with Crippen molar-refractivity contribution in [3.63, 3.8) is 0 Å². The molecule has 0 aliphatic heterocycles. The molecule has 0 aliphatic carbocycles. The number of halogens is 3. The Hall–Kier alpha value is -1.62. The van der Waals surface area contributed by atoms with E-state index < -0.39 is 28.8 Å². The Bertz CT molecular complexity index is 449. The largest absolute Gasteiger partial charge is 0.396 e. The molecular formula is C10H9ClF2N2O. The van der Waals surface area contributed by atoms with Gasteiger partial charge < -0.3 is 11.1 Å². The average Bonchev–Trinajstić information content (AvgIpc) is 2.19. The van der Waals surface area contributed by atoms with Crippen molar-refractivity contribution in [2.75, 3.05) is 12.3 Å². The zero-order valence-electron chi connectivity index (χ0n) is 8.19. The van der Waals surface area contributed by atoms with Gasteiger partial charge in [-0.05, 0) is 12.1 Å². The molecule has 0 atom stereocenters. The van der Waals surface area contributed by atoms with Crippen LogP contribution in [0.2, 0.25) is 0 Å². The van der Waals surface area contributed by atoms with Gasteiger partial charge in [-0.1, -0.05) is 18.2 Å². The van der Waals surface area contributed by atoms with Gasteiger partial charge in [-0.25, -0.2) is 8.78 Å². The molecule has 6 heteroatoms. The fourth-order valence-electron chi connectivity index (χ4n) is 1.05. The molecule has 1 aromatic carbocycles. The van der Waals surface area contributed by atoms with E-state index in [4.69, 9.17) is 17.3 Å². The van der Waals surface area contributed by atoms with Crippen molar-refractivity contribution >= 4 is 23.2 Å². The van der Waals surface area contributed by atoms with Gasteiger partial charge in [0.15, 0.2) is 5.82 Å². The first kappa shape index (κ1) is 12.4. The normalized spacial score (nSPS) is 9.94. The van der Waals surface area contributed by atoms with E-state index in [1.165, 1.54) is 0 Å². The van der Waals surface area contributed by atoms with E-state index in [1.54, 1.807) is 0 Å². The number of rotatable bonds is 3. The van der Waals surface area contributed by atoms with Crippen molar-refractivity contribution in [1.82, 2.24) is 5.32 Å². The van der Waals surface area contributed by atoms with Gasteiger partial charge in [0.05, 0.1) is 17.8 Å². The predicted molar refractivity (Wildman–Crippen MR) is 58.1 cm³/mol. The van der Waals surface area contributed by atoms with Gasteiger partial charge >= 0.3 is 0 Å². The molecule has 86 valence electrons. The van der Waals surface area contributed by atoms with E-state index in [1.807, 2.05) is 0 Å². The summed E-state index contributed by atoms with van der Waals surface area (Å²) in [5.74, 6) is -2.54. The second-order valence-corrected chi connectivity index (χ2v) is 3.59. The summed E-state index contributed by atoms with van der Waals surface area (Å²) in [7, 11) is 0. The molecule has 0 unspecified atom stereocenters. The van der Waals surface area contributed by atoms with E-state index >= 15 is 0 Å². The fraction of sp³-hybridized carbons (Fsp3) is 0.100. The highest BCUT2D eigenvalue weighted by Gasteiger charge is 2.15. The van der Waals surface area contributed by atoms with Crippen molar-refractivity contribution < 1.29 is 13.6 Å². The number of hydrogen-bond donors (Lipinski definition) is 2.